The summed E-state index contributed by atoms with van der Waals surface area (Å²) < 4.78 is 14.9. The van der Waals surface area contributed by atoms with Crippen molar-refractivity contribution in [3.63, 3.8) is 0 Å². The fourth-order valence-electron chi connectivity index (χ4n) is 5.14. The first-order valence-corrected chi connectivity index (χ1v) is 15.5. The average Bonchev–Trinajstić information content (AvgIpc) is 2.86. The molecule has 0 bridgehead atoms. The van der Waals surface area contributed by atoms with Gasteiger partial charge in [0.2, 0.25) is 0 Å². The van der Waals surface area contributed by atoms with E-state index in [1.807, 2.05) is 97.1 Å². The predicted octanol–water partition coefficient (Wildman–Crippen LogP) is 5.17. The Balaban J connectivity index is 1.96. The second kappa shape index (κ2) is 9.70. The zero-order valence-corrected chi connectivity index (χ0v) is 21.9. The van der Waals surface area contributed by atoms with E-state index in [-0.39, 0.29) is 16.6 Å². The van der Waals surface area contributed by atoms with E-state index in [1.165, 1.54) is 0 Å². The van der Waals surface area contributed by atoms with Crippen LogP contribution in [-0.4, -0.2) is 19.6 Å². The molecule has 0 amide bonds. The van der Waals surface area contributed by atoms with Crippen LogP contribution < -0.4 is 21.0 Å². The van der Waals surface area contributed by atoms with E-state index in [1.54, 1.807) is 0 Å². The van der Waals surface area contributed by atoms with E-state index in [9.17, 15) is 9.36 Å². The normalized spacial score (nSPS) is 12.3. The third-order valence-electron chi connectivity index (χ3n) is 6.67. The van der Waals surface area contributed by atoms with Crippen LogP contribution in [0.1, 0.15) is 20.8 Å². The van der Waals surface area contributed by atoms with Crippen LogP contribution in [0.5, 0.6) is 0 Å². The van der Waals surface area contributed by atoms with Gasteiger partial charge in [-0.15, -0.1) is 0 Å². The van der Waals surface area contributed by atoms with E-state index in [0.717, 1.165) is 21.0 Å². The van der Waals surface area contributed by atoms with Gasteiger partial charge in [-0.1, -0.05) is 142 Å². The van der Waals surface area contributed by atoms with Gasteiger partial charge in [0.1, 0.15) is 12.5 Å². The third kappa shape index (κ3) is 4.27. The molecule has 0 N–H and O–H groups in total. The molecule has 4 rings (SSSR count). The van der Waals surface area contributed by atoms with Crippen molar-refractivity contribution in [2.75, 3.05) is 6.16 Å². The Labute approximate surface area is 204 Å². The molecule has 2 nitrogen and oxygen atoms in total. The predicted molar refractivity (Wildman–Crippen MR) is 147 cm³/mol. The maximum absolute atomic E-state index is 14.9. The fourth-order valence-corrected chi connectivity index (χ4v) is 14.1. The van der Waals surface area contributed by atoms with Gasteiger partial charge in [-0.3, -0.25) is 0 Å². The quantitative estimate of drug-likeness (QED) is 0.269. The lowest BCUT2D eigenvalue weighted by Gasteiger charge is -2.43. The summed E-state index contributed by atoms with van der Waals surface area (Å²) in [6.45, 7) is 6.48. The van der Waals surface area contributed by atoms with Crippen LogP contribution in [0.2, 0.25) is 5.04 Å². The molecule has 0 spiro atoms. The maximum atomic E-state index is 14.9. The molecule has 0 aromatic heterocycles. The van der Waals surface area contributed by atoms with Crippen LogP contribution in [0.4, 0.5) is 0 Å². The third-order valence-corrected chi connectivity index (χ3v) is 15.6. The van der Waals surface area contributed by atoms with E-state index in [0.29, 0.717) is 0 Å². The van der Waals surface area contributed by atoms with Crippen molar-refractivity contribution in [1.29, 1.82) is 0 Å². The average molecular weight is 483 g/mol. The van der Waals surface area contributed by atoms with Crippen LogP contribution in [0, 0.1) is 0 Å². The van der Waals surface area contributed by atoms with Crippen LogP contribution in [0.3, 0.4) is 0 Å². The number of rotatable bonds is 7. The van der Waals surface area contributed by atoms with Crippen molar-refractivity contribution < 1.29 is 9.36 Å². The molecule has 0 aliphatic rings. The fraction of sp³-hybridized carbons (Fsp3) is 0.167. The molecule has 4 aromatic rings. The van der Waals surface area contributed by atoms with Gasteiger partial charge in [0.15, 0.2) is 8.07 Å². The van der Waals surface area contributed by atoms with Gasteiger partial charge < -0.3 is 9.36 Å². The SMILES string of the molecule is CC(C)(C)[Si](C(=O)CP(=O)(c1ccccc1)c1ccccc1)(c1ccccc1)c1ccccc1. The molecule has 0 heterocycles. The summed E-state index contributed by atoms with van der Waals surface area (Å²) in [7, 11) is -6.24. The lowest BCUT2D eigenvalue weighted by atomic mass is 10.2. The molecule has 4 heteroatoms. The van der Waals surface area contributed by atoms with E-state index < -0.39 is 15.2 Å². The summed E-state index contributed by atoms with van der Waals surface area (Å²) in [6, 6.07) is 39.4. The zero-order chi connectivity index (χ0) is 24.2. The molecule has 0 aliphatic heterocycles. The highest BCUT2D eigenvalue weighted by atomic mass is 31.2. The largest absolute Gasteiger partial charge is 0.313 e. The zero-order valence-electron chi connectivity index (χ0n) is 20.0. The van der Waals surface area contributed by atoms with Gasteiger partial charge in [-0.25, -0.2) is 0 Å². The first-order chi connectivity index (χ1) is 16.3. The lowest BCUT2D eigenvalue weighted by molar-refractivity contribution is -0.110. The van der Waals surface area contributed by atoms with Gasteiger partial charge >= 0.3 is 0 Å². The molecule has 4 aromatic carbocycles. The Bertz CT molecular complexity index is 1200. The van der Waals surface area contributed by atoms with Crippen molar-refractivity contribution in [1.82, 2.24) is 0 Å². The standard InChI is InChI=1S/C30H31O2PSi/c1-30(2,3)34(27-20-12-6-13-21-27,28-22-14-7-15-23-28)29(31)24-33(32,25-16-8-4-9-17-25)26-18-10-5-11-19-26/h4-23H,24H2,1-3H3. The van der Waals surface area contributed by atoms with Crippen molar-refractivity contribution in [3.05, 3.63) is 121 Å². The summed E-state index contributed by atoms with van der Waals surface area (Å²) in [5, 5.41) is 3.36. The number of carbonyl (C=O) groups is 1. The Morgan fingerprint density at radius 1 is 0.618 bits per heavy atom. The summed E-state index contributed by atoms with van der Waals surface area (Å²) >= 11 is 0. The van der Waals surface area contributed by atoms with E-state index in [4.69, 9.17) is 0 Å². The highest BCUT2D eigenvalue weighted by Gasteiger charge is 2.55. The molecule has 172 valence electrons. The van der Waals surface area contributed by atoms with Crippen molar-refractivity contribution in [2.24, 2.45) is 0 Å². The lowest BCUT2D eigenvalue weighted by Crippen LogP contribution is -2.70. The molecule has 34 heavy (non-hydrogen) atoms. The Hall–Kier alpha value is -3.00. The van der Waals surface area contributed by atoms with Gasteiger partial charge in [-0.2, -0.15) is 0 Å². The van der Waals surface area contributed by atoms with Crippen molar-refractivity contribution >= 4 is 41.6 Å². The minimum absolute atomic E-state index is 0.00824. The van der Waals surface area contributed by atoms with Crippen molar-refractivity contribution in [3.8, 4) is 0 Å². The highest BCUT2D eigenvalue weighted by molar-refractivity contribution is 7.80. The summed E-state index contributed by atoms with van der Waals surface area (Å²) in [5.41, 5.74) is 0. The molecule has 0 unspecified atom stereocenters. The molecule has 0 radical (unpaired) electrons. The van der Waals surface area contributed by atoms with E-state index in [2.05, 4.69) is 45.0 Å². The van der Waals surface area contributed by atoms with Gasteiger partial charge in [0, 0.05) is 10.6 Å². The smallest absolute Gasteiger partial charge is 0.199 e. The molecular weight excluding hydrogens is 451 g/mol. The minimum atomic E-state index is -3.20. The second-order valence-electron chi connectivity index (χ2n) is 9.72. The Morgan fingerprint density at radius 3 is 1.26 bits per heavy atom. The first-order valence-electron chi connectivity index (χ1n) is 11.6. The molecule has 0 fully saturated rings. The Kier molecular flexibility index (Phi) is 6.88. The minimum Gasteiger partial charge on any atom is -0.313 e. The number of hydrogen-bond acceptors (Lipinski definition) is 2. The van der Waals surface area contributed by atoms with Crippen molar-refractivity contribution in [2.45, 2.75) is 25.8 Å². The van der Waals surface area contributed by atoms with Gasteiger partial charge in [0.05, 0.1) is 6.16 Å². The molecule has 0 saturated carbocycles. The first kappa shape index (κ1) is 24.1. The van der Waals surface area contributed by atoms with Crippen LogP contribution in [0.25, 0.3) is 0 Å². The molecule has 0 saturated heterocycles. The summed E-state index contributed by atoms with van der Waals surface area (Å²) in [6.07, 6.45) is 0.00824. The summed E-state index contributed by atoms with van der Waals surface area (Å²) in [5.74, 6) is 0. The molecule has 0 aliphatic carbocycles. The highest BCUT2D eigenvalue weighted by Crippen LogP contribution is 2.46. The monoisotopic (exact) mass is 482 g/mol. The van der Waals surface area contributed by atoms with Gasteiger partial charge in [0.25, 0.3) is 0 Å². The van der Waals surface area contributed by atoms with Gasteiger partial charge in [-0.05, 0) is 15.4 Å². The van der Waals surface area contributed by atoms with Crippen LogP contribution >= 0.6 is 7.14 Å². The second-order valence-corrected chi connectivity index (χ2v) is 17.3. The Morgan fingerprint density at radius 2 is 0.941 bits per heavy atom. The number of hydrogen-bond donors (Lipinski definition) is 0. The topological polar surface area (TPSA) is 34.1 Å². The molecule has 0 atom stereocenters. The number of carbonyl (C=O) groups excluding carboxylic acids is 1. The van der Waals surface area contributed by atoms with Crippen LogP contribution in [0.15, 0.2) is 121 Å². The number of benzene rings is 4. The van der Waals surface area contributed by atoms with E-state index >= 15 is 0 Å². The maximum Gasteiger partial charge on any atom is 0.199 e. The summed E-state index contributed by atoms with van der Waals surface area (Å²) in [4.78, 5) is 14.8. The van der Waals surface area contributed by atoms with Crippen LogP contribution in [-0.2, 0) is 9.36 Å². The molecular formula is C30H31O2PSi.